The van der Waals surface area contributed by atoms with Gasteiger partial charge in [-0.05, 0) is 192 Å². The summed E-state index contributed by atoms with van der Waals surface area (Å²) in [5.41, 5.74) is -0.553. The summed E-state index contributed by atoms with van der Waals surface area (Å²) in [6.07, 6.45) is 11.1. The van der Waals surface area contributed by atoms with Crippen molar-refractivity contribution in [2.45, 2.75) is 154 Å². The summed E-state index contributed by atoms with van der Waals surface area (Å²) < 4.78 is 81.5. The van der Waals surface area contributed by atoms with E-state index in [1.54, 1.807) is 38.5 Å². The van der Waals surface area contributed by atoms with Crippen molar-refractivity contribution in [2.24, 2.45) is 94.7 Å². The van der Waals surface area contributed by atoms with Crippen molar-refractivity contribution in [1.82, 2.24) is 0 Å². The standard InChI is InChI=1S/C30H38F2O11S.C18H15S.C12H18/c1-3-29(11-15-9-18(29)22-14-5-4-13(8-14)21(15)22)43-28(36)24-17-10-16-23(24)27(35)42-26(16)25(17)41-20(34)7-6-19(33)40-12(2)30(31,32)44(37,38)39;1-4-10-16(11-5-1)19(17-12-6-2-7-13-17)18-14-8-3-9-15-18;1-2-8-5-7(1)11-9-3-4-10(6-9)12(8)11/h12-18,21-26H,3-11H2,1-2H3,(H,37,38,39);1-15H;7-12H,1-6H2/q;+1;/p-1. The predicted octanol–water partition coefficient (Wildman–Crippen LogP) is 10.8. The smallest absolute Gasteiger partial charge is 0.369 e. The van der Waals surface area contributed by atoms with Crippen molar-refractivity contribution in [1.29, 1.82) is 0 Å². The molecule has 18 unspecified atom stereocenters. The van der Waals surface area contributed by atoms with Crippen LogP contribution in [0.15, 0.2) is 106 Å². The van der Waals surface area contributed by atoms with Gasteiger partial charge in [0.2, 0.25) is 0 Å². The van der Waals surface area contributed by atoms with Gasteiger partial charge in [0.15, 0.2) is 30.9 Å². The van der Waals surface area contributed by atoms with Gasteiger partial charge in [0.1, 0.15) is 17.8 Å². The van der Waals surface area contributed by atoms with E-state index in [9.17, 15) is 40.9 Å². The first-order chi connectivity index (χ1) is 36.0. The Hall–Kier alpha value is -4.34. The van der Waals surface area contributed by atoms with Crippen LogP contribution < -0.4 is 0 Å². The third-order valence-electron chi connectivity index (χ3n) is 21.1. The Morgan fingerprint density at radius 3 is 1.64 bits per heavy atom. The van der Waals surface area contributed by atoms with Crippen LogP contribution in [-0.2, 0) is 59.1 Å². The molecule has 11 nitrogen and oxygen atoms in total. The number of fused-ring (bicyclic) bond motifs is 19. The fourth-order valence-electron chi connectivity index (χ4n) is 18.6. The molecule has 15 heteroatoms. The van der Waals surface area contributed by atoms with Crippen LogP contribution in [0.3, 0.4) is 0 Å². The minimum absolute atomic E-state index is 0.0146. The Kier molecular flexibility index (Phi) is 13.6. The number of carbonyl (C=O) groups excluding carboxylic acids is 4. The SMILES string of the molecule is C1CC2CC1C1C3CCC(C3)C21.CCC1(OC(=O)C2C3CC4C(OC(=O)C42)C3OC(=O)CCC(=O)OC(C)C(F)(F)S(=O)(=O)[O-])CC2CC1C1C3CCC(C3)C21.c1ccc([S+](c2ccccc2)c2ccccc2)cc1. The molecule has 0 N–H and O–H groups in total. The fraction of sp³-hybridized carbons (Fsp3) is 0.633. The van der Waals surface area contributed by atoms with Crippen molar-refractivity contribution < 1.29 is 59.9 Å². The van der Waals surface area contributed by atoms with Crippen LogP contribution in [0.4, 0.5) is 8.78 Å². The van der Waals surface area contributed by atoms with Gasteiger partial charge >= 0.3 is 29.1 Å². The molecule has 0 amide bonds. The van der Waals surface area contributed by atoms with Crippen LogP contribution in [0.25, 0.3) is 0 Å². The maximum Gasteiger partial charge on any atom is 0.369 e. The second kappa shape index (κ2) is 19.8. The Labute approximate surface area is 442 Å². The lowest BCUT2D eigenvalue weighted by Gasteiger charge is -2.46. The van der Waals surface area contributed by atoms with Crippen LogP contribution in [0.2, 0.25) is 0 Å². The number of halogens is 2. The molecule has 10 saturated carbocycles. The zero-order chi connectivity index (χ0) is 52.1. The average molecular weight is 1070 g/mol. The monoisotopic (exact) mass is 1070 g/mol. The molecule has 11 aliphatic rings. The van der Waals surface area contributed by atoms with E-state index >= 15 is 0 Å². The van der Waals surface area contributed by atoms with E-state index in [1.165, 1.54) is 69.5 Å². The molecule has 1 heterocycles. The zero-order valence-corrected chi connectivity index (χ0v) is 44.4. The highest BCUT2D eigenvalue weighted by Crippen LogP contribution is 2.72. The molecule has 3 aromatic carbocycles. The van der Waals surface area contributed by atoms with Gasteiger partial charge in [0.05, 0.1) is 35.6 Å². The molecule has 1 saturated heterocycles. The Morgan fingerprint density at radius 1 is 0.693 bits per heavy atom. The number of rotatable bonds is 13. The van der Waals surface area contributed by atoms with E-state index in [2.05, 4.69) is 103 Å². The summed E-state index contributed by atoms with van der Waals surface area (Å²) in [5.74, 6) is 5.56. The van der Waals surface area contributed by atoms with Crippen molar-refractivity contribution in [2.75, 3.05) is 0 Å². The summed E-state index contributed by atoms with van der Waals surface area (Å²) in [6.45, 7) is 2.62. The van der Waals surface area contributed by atoms with Gasteiger partial charge in [-0.3, -0.25) is 19.2 Å². The number of alkyl halides is 2. The van der Waals surface area contributed by atoms with Crippen LogP contribution in [0.5, 0.6) is 0 Å². The molecule has 10 bridgehead atoms. The van der Waals surface area contributed by atoms with E-state index in [4.69, 9.17) is 14.2 Å². The number of hydrogen-bond acceptors (Lipinski definition) is 11. The summed E-state index contributed by atoms with van der Waals surface area (Å²) in [4.78, 5) is 55.7. The minimum Gasteiger partial charge on any atom is -0.743 e. The fourth-order valence-corrected chi connectivity index (χ4v) is 21.1. The van der Waals surface area contributed by atoms with Crippen molar-refractivity contribution >= 4 is 44.9 Å². The highest BCUT2D eigenvalue weighted by molar-refractivity contribution is 7.97. The molecule has 11 fully saturated rings. The van der Waals surface area contributed by atoms with Gasteiger partial charge in [-0.25, -0.2) is 8.42 Å². The molecular weight excluding hydrogens is 999 g/mol. The molecule has 0 aromatic heterocycles. The summed E-state index contributed by atoms with van der Waals surface area (Å²) >= 11 is 0. The lowest BCUT2D eigenvalue weighted by molar-refractivity contribution is -0.185. The third-order valence-corrected chi connectivity index (χ3v) is 24.3. The van der Waals surface area contributed by atoms with E-state index < -0.39 is 93.8 Å². The molecule has 0 radical (unpaired) electrons. The first kappa shape index (κ1) is 51.4. The van der Waals surface area contributed by atoms with Gasteiger partial charge in [0, 0.05) is 17.8 Å². The van der Waals surface area contributed by atoms with E-state index in [0.29, 0.717) is 43.4 Å². The largest absolute Gasteiger partial charge is 0.743 e. The van der Waals surface area contributed by atoms with Crippen LogP contribution >= 0.6 is 0 Å². The second-order valence-corrected chi connectivity index (χ2v) is 27.8. The van der Waals surface area contributed by atoms with E-state index in [-0.39, 0.29) is 16.8 Å². The van der Waals surface area contributed by atoms with E-state index in [1.807, 2.05) is 0 Å². The number of benzene rings is 3. The molecule has 0 spiro atoms. The third kappa shape index (κ3) is 8.87. The highest BCUT2D eigenvalue weighted by Gasteiger charge is 2.72. The van der Waals surface area contributed by atoms with Crippen LogP contribution in [0.1, 0.15) is 110 Å². The highest BCUT2D eigenvalue weighted by atomic mass is 32.2. The molecular formula is C60H70F2O11S2. The van der Waals surface area contributed by atoms with E-state index in [0.717, 1.165) is 24.7 Å². The topological polar surface area (TPSA) is 162 Å². The molecule has 3 aromatic rings. The van der Waals surface area contributed by atoms with Gasteiger partial charge in [0.25, 0.3) is 0 Å². The Balaban J connectivity index is 0.000000147. The maximum atomic E-state index is 14.0. The Bertz CT molecular complexity index is 2610. The first-order valence-corrected chi connectivity index (χ1v) is 30.7. The first-order valence-electron chi connectivity index (χ1n) is 28.1. The van der Waals surface area contributed by atoms with Gasteiger partial charge < -0.3 is 23.5 Å². The number of hydrogen-bond donors (Lipinski definition) is 0. The number of carbonyl (C=O) groups is 4. The lowest BCUT2D eigenvalue weighted by Crippen LogP contribution is -2.50. The normalized spacial score (nSPS) is 39.6. The van der Waals surface area contributed by atoms with Crippen molar-refractivity contribution in [3.8, 4) is 0 Å². The summed E-state index contributed by atoms with van der Waals surface area (Å²) in [7, 11) is -6.09. The molecule has 18 atom stereocenters. The number of esters is 4. The zero-order valence-electron chi connectivity index (χ0n) is 42.8. The molecule has 1 aliphatic heterocycles. The maximum absolute atomic E-state index is 14.0. The molecule has 10 aliphatic carbocycles. The number of ether oxygens (including phenoxy) is 4. The molecule has 75 heavy (non-hydrogen) atoms. The van der Waals surface area contributed by atoms with Gasteiger partial charge in [-0.1, -0.05) is 61.5 Å². The van der Waals surface area contributed by atoms with Crippen LogP contribution in [-0.4, -0.2) is 66.0 Å². The molecule has 14 rings (SSSR count). The van der Waals surface area contributed by atoms with Crippen LogP contribution in [0, 0.1) is 94.7 Å². The van der Waals surface area contributed by atoms with Gasteiger partial charge in [-0.15, -0.1) is 0 Å². The average Bonchev–Trinajstić information content (AvgIpc) is 4.30. The predicted molar refractivity (Wildman–Crippen MR) is 271 cm³/mol. The summed E-state index contributed by atoms with van der Waals surface area (Å²) in [6, 6.07) is 32.2. The van der Waals surface area contributed by atoms with Gasteiger partial charge in [-0.2, -0.15) is 8.78 Å². The molecule has 402 valence electrons. The van der Waals surface area contributed by atoms with Crippen molar-refractivity contribution in [3.63, 3.8) is 0 Å². The Morgan fingerprint density at radius 2 is 1.16 bits per heavy atom. The summed E-state index contributed by atoms with van der Waals surface area (Å²) in [5, 5.41) is -4.84. The quantitative estimate of drug-likeness (QED) is 0.0526. The minimum atomic E-state index is -6.07. The second-order valence-electron chi connectivity index (χ2n) is 24.3. The van der Waals surface area contributed by atoms with Crippen molar-refractivity contribution in [3.05, 3.63) is 91.0 Å². The lowest BCUT2D eigenvalue weighted by atomic mass is 9.65.